The highest BCUT2D eigenvalue weighted by Crippen LogP contribution is 2.43. The van der Waals surface area contributed by atoms with E-state index in [1.54, 1.807) is 0 Å². The van der Waals surface area contributed by atoms with Crippen LogP contribution in [0.5, 0.6) is 0 Å². The highest BCUT2D eigenvalue weighted by atomic mass is 19.4. The van der Waals surface area contributed by atoms with E-state index in [1.807, 2.05) is 0 Å². The van der Waals surface area contributed by atoms with E-state index in [4.69, 9.17) is 10.2 Å². The summed E-state index contributed by atoms with van der Waals surface area (Å²) in [6.07, 6.45) is -11.9. The summed E-state index contributed by atoms with van der Waals surface area (Å²) in [5.74, 6) is -11.8. The normalized spacial score (nSPS) is 12.4. The highest BCUT2D eigenvalue weighted by Gasteiger charge is 2.49. The highest BCUT2D eigenvalue weighted by molar-refractivity contribution is 5.96. The van der Waals surface area contributed by atoms with Crippen molar-refractivity contribution < 1.29 is 54.9 Å². The van der Waals surface area contributed by atoms with E-state index >= 15 is 0 Å². The van der Waals surface area contributed by atoms with Crippen LogP contribution in [-0.4, -0.2) is 22.2 Å². The van der Waals surface area contributed by atoms with Gasteiger partial charge in [-0.25, -0.2) is 18.4 Å². The van der Waals surface area contributed by atoms with E-state index < -0.39 is 58.2 Å². The molecule has 0 aliphatic carbocycles. The van der Waals surface area contributed by atoms with Crippen LogP contribution in [0.15, 0.2) is 0 Å². The number of aromatic carboxylic acids is 2. The summed E-state index contributed by atoms with van der Waals surface area (Å²) in [4.78, 5) is 21.2. The molecule has 4 nitrogen and oxygen atoms in total. The molecule has 1 aromatic rings. The van der Waals surface area contributed by atoms with E-state index in [9.17, 15) is 44.7 Å². The van der Waals surface area contributed by atoms with Crippen molar-refractivity contribution in [1.82, 2.24) is 0 Å². The maximum atomic E-state index is 13.6. The number of halogens is 8. The second kappa shape index (κ2) is 5.10. The molecule has 0 radical (unpaired) electrons. The maximum Gasteiger partial charge on any atom is 0.420 e. The molecule has 1 rings (SSSR count). The first-order valence-corrected chi connectivity index (χ1v) is 4.87. The van der Waals surface area contributed by atoms with Crippen molar-refractivity contribution in [2.45, 2.75) is 12.4 Å². The van der Waals surface area contributed by atoms with Gasteiger partial charge in [0.15, 0.2) is 11.6 Å². The molecule has 0 saturated carbocycles. The number of carboxylic acids is 2. The molecule has 0 heterocycles. The van der Waals surface area contributed by atoms with Crippen LogP contribution >= 0.6 is 0 Å². The fourth-order valence-corrected chi connectivity index (χ4v) is 1.62. The van der Waals surface area contributed by atoms with Crippen molar-refractivity contribution in [3.8, 4) is 0 Å². The molecule has 0 aliphatic rings. The zero-order chi connectivity index (χ0) is 17.6. The number of rotatable bonds is 2. The molecule has 22 heavy (non-hydrogen) atoms. The largest absolute Gasteiger partial charge is 0.478 e. The molecule has 1 aromatic carbocycles. The summed E-state index contributed by atoms with van der Waals surface area (Å²) < 4.78 is 103. The van der Waals surface area contributed by atoms with Gasteiger partial charge in [-0.1, -0.05) is 0 Å². The van der Waals surface area contributed by atoms with Crippen LogP contribution in [0.25, 0.3) is 0 Å². The van der Waals surface area contributed by atoms with Gasteiger partial charge < -0.3 is 10.2 Å². The van der Waals surface area contributed by atoms with Crippen LogP contribution in [0, 0.1) is 11.6 Å². The van der Waals surface area contributed by atoms with Gasteiger partial charge in [0, 0.05) is 0 Å². The minimum atomic E-state index is -5.94. The minimum Gasteiger partial charge on any atom is -0.478 e. The predicted molar refractivity (Wildman–Crippen MR) is 50.3 cm³/mol. The Morgan fingerprint density at radius 3 is 1.05 bits per heavy atom. The molecule has 12 heteroatoms. The average molecular weight is 338 g/mol. The third kappa shape index (κ3) is 2.80. The van der Waals surface area contributed by atoms with Crippen LogP contribution < -0.4 is 0 Å². The first-order chi connectivity index (χ1) is 9.71. The number of hydrogen-bond acceptors (Lipinski definition) is 2. The van der Waals surface area contributed by atoms with Crippen molar-refractivity contribution in [2.75, 3.05) is 0 Å². The molecule has 0 unspecified atom stereocenters. The van der Waals surface area contributed by atoms with Crippen LogP contribution in [0.3, 0.4) is 0 Å². The minimum absolute atomic E-state index is 2.65. The van der Waals surface area contributed by atoms with Crippen LogP contribution in [-0.2, 0) is 12.4 Å². The zero-order valence-corrected chi connectivity index (χ0v) is 9.73. The van der Waals surface area contributed by atoms with Crippen LogP contribution in [0.2, 0.25) is 0 Å². The van der Waals surface area contributed by atoms with Gasteiger partial charge >= 0.3 is 24.3 Å². The number of alkyl halides is 6. The lowest BCUT2D eigenvalue weighted by Crippen LogP contribution is -2.26. The molecule has 0 saturated heterocycles. The molecule has 0 amide bonds. The SMILES string of the molecule is O=C(O)c1c(F)c(C(F)(F)F)c(C(=O)O)c(F)c1C(F)(F)F. The predicted octanol–water partition coefficient (Wildman–Crippen LogP) is 3.40. The zero-order valence-electron chi connectivity index (χ0n) is 9.73. The Labute approximate surface area is 114 Å². The summed E-state index contributed by atoms with van der Waals surface area (Å²) in [6.45, 7) is 0. The van der Waals surface area contributed by atoms with Gasteiger partial charge in [0.25, 0.3) is 0 Å². The molecular formula is C10H2F8O4. The van der Waals surface area contributed by atoms with E-state index in [0.29, 0.717) is 0 Å². The third-order valence-corrected chi connectivity index (χ3v) is 2.37. The second-order valence-electron chi connectivity index (χ2n) is 3.73. The van der Waals surface area contributed by atoms with E-state index in [-0.39, 0.29) is 0 Å². The Bertz CT molecular complexity index is 601. The number of hydrogen-bond donors (Lipinski definition) is 2. The summed E-state index contributed by atoms with van der Waals surface area (Å²) in [6, 6.07) is 0. The molecule has 0 spiro atoms. The fraction of sp³-hybridized carbons (Fsp3) is 0.200. The Kier molecular flexibility index (Phi) is 4.09. The Balaban J connectivity index is 4.18. The van der Waals surface area contributed by atoms with Gasteiger partial charge in [-0.05, 0) is 0 Å². The van der Waals surface area contributed by atoms with Gasteiger partial charge in [0.05, 0.1) is 0 Å². The summed E-state index contributed by atoms with van der Waals surface area (Å²) in [5, 5.41) is 16.9. The smallest absolute Gasteiger partial charge is 0.420 e. The maximum absolute atomic E-state index is 13.6. The number of benzene rings is 1. The van der Waals surface area contributed by atoms with E-state index in [0.717, 1.165) is 0 Å². The molecule has 122 valence electrons. The van der Waals surface area contributed by atoms with Gasteiger partial charge in [0.1, 0.15) is 22.3 Å². The molecule has 2 N–H and O–H groups in total. The number of carbonyl (C=O) groups is 2. The topological polar surface area (TPSA) is 74.6 Å². The summed E-state index contributed by atoms with van der Waals surface area (Å²) in [5.41, 5.74) is -11.2. The van der Waals surface area contributed by atoms with Gasteiger partial charge in [-0.3, -0.25) is 0 Å². The van der Waals surface area contributed by atoms with Crippen LogP contribution in [0.4, 0.5) is 35.1 Å². The lowest BCUT2D eigenvalue weighted by atomic mass is 9.95. The fourth-order valence-electron chi connectivity index (χ4n) is 1.62. The van der Waals surface area contributed by atoms with Gasteiger partial charge in [0.2, 0.25) is 0 Å². The molecule has 0 fully saturated rings. The number of carboxylic acid groups (broad SMARTS) is 2. The van der Waals surface area contributed by atoms with Crippen molar-refractivity contribution in [3.63, 3.8) is 0 Å². The molecule has 0 bridgehead atoms. The first kappa shape index (κ1) is 17.7. The molecule has 0 aliphatic heterocycles. The van der Waals surface area contributed by atoms with Crippen molar-refractivity contribution in [2.24, 2.45) is 0 Å². The van der Waals surface area contributed by atoms with Gasteiger partial charge in [-0.15, -0.1) is 0 Å². The van der Waals surface area contributed by atoms with Crippen LogP contribution in [0.1, 0.15) is 31.8 Å². The second-order valence-corrected chi connectivity index (χ2v) is 3.73. The molecule has 0 aromatic heterocycles. The molecular weight excluding hydrogens is 336 g/mol. The summed E-state index contributed by atoms with van der Waals surface area (Å²) in [7, 11) is 0. The van der Waals surface area contributed by atoms with E-state index in [2.05, 4.69) is 0 Å². The van der Waals surface area contributed by atoms with Gasteiger partial charge in [-0.2, -0.15) is 26.3 Å². The first-order valence-electron chi connectivity index (χ1n) is 4.87. The summed E-state index contributed by atoms with van der Waals surface area (Å²) >= 11 is 0. The Morgan fingerprint density at radius 2 is 0.909 bits per heavy atom. The van der Waals surface area contributed by atoms with Crippen molar-refractivity contribution in [1.29, 1.82) is 0 Å². The third-order valence-electron chi connectivity index (χ3n) is 2.37. The van der Waals surface area contributed by atoms with Crippen molar-refractivity contribution >= 4 is 11.9 Å². The Hall–Kier alpha value is -2.40. The Morgan fingerprint density at radius 1 is 0.682 bits per heavy atom. The lowest BCUT2D eigenvalue weighted by molar-refractivity contribution is -0.146. The lowest BCUT2D eigenvalue weighted by Gasteiger charge is -2.18. The monoisotopic (exact) mass is 338 g/mol. The molecule has 0 atom stereocenters. The van der Waals surface area contributed by atoms with E-state index in [1.165, 1.54) is 0 Å². The quantitative estimate of drug-likeness (QED) is 0.811. The van der Waals surface area contributed by atoms with Crippen molar-refractivity contribution in [3.05, 3.63) is 33.9 Å². The standard InChI is InChI=1S/C10H2F8O4/c11-5-1(7(19)20)3(9(13,14)15)6(12)2(8(21)22)4(5)10(16,17)18/h(H,19,20)(H,21,22). The average Bonchev–Trinajstić information content (AvgIpc) is 2.26.